The van der Waals surface area contributed by atoms with Crippen molar-refractivity contribution < 1.29 is 4.74 Å². The summed E-state index contributed by atoms with van der Waals surface area (Å²) in [5.41, 5.74) is 8.83. The van der Waals surface area contributed by atoms with Gasteiger partial charge in [0.05, 0.1) is 6.61 Å². The monoisotopic (exact) mass is 291 g/mol. The normalized spacial score (nSPS) is 11.3. The number of aryl methyl sites for hydroxylation is 1. The third-order valence-electron chi connectivity index (χ3n) is 4.07. The zero-order valence-electron chi connectivity index (χ0n) is 13.8. The molecule has 0 amide bonds. The van der Waals surface area contributed by atoms with E-state index in [1.54, 1.807) is 7.11 Å². The van der Waals surface area contributed by atoms with E-state index in [9.17, 15) is 0 Å². The van der Waals surface area contributed by atoms with E-state index in [1.807, 2.05) is 12.1 Å². The van der Waals surface area contributed by atoms with Crippen LogP contribution in [0, 0.1) is 12.3 Å². The molecule has 0 atom stereocenters. The number of hydrogen-bond donors (Lipinski definition) is 2. The molecule has 1 aromatic rings. The number of methoxy groups -OCH3 is 1. The van der Waals surface area contributed by atoms with Gasteiger partial charge in [-0.3, -0.25) is 10.3 Å². The molecule has 0 bridgehead atoms. The Balaban J connectivity index is 2.89. The Labute approximate surface area is 128 Å². The maximum atomic E-state index is 7.51. The molecule has 0 aliphatic rings. The van der Waals surface area contributed by atoms with Crippen LogP contribution >= 0.6 is 0 Å². The molecular weight excluding hydrogens is 262 g/mol. The molecule has 0 unspecified atom stereocenters. The average Bonchev–Trinajstić information content (AvgIpc) is 2.47. The lowest BCUT2D eigenvalue weighted by molar-refractivity contribution is 0.110. The van der Waals surface area contributed by atoms with Gasteiger partial charge < -0.3 is 10.5 Å². The molecule has 0 spiro atoms. The minimum Gasteiger partial charge on any atom is -0.384 e. The van der Waals surface area contributed by atoms with Gasteiger partial charge in [0.1, 0.15) is 5.84 Å². The number of nitrogens with zero attached hydrogens (tertiary/aromatic N) is 1. The number of rotatable bonds is 9. The SMILES string of the molecule is CCC(CC)N(CCOC)Cc1ccc(C(=N)N)cc1C. The Kier molecular flexibility index (Phi) is 7.40. The van der Waals surface area contributed by atoms with E-state index in [2.05, 4.69) is 31.7 Å². The fourth-order valence-corrected chi connectivity index (χ4v) is 2.66. The molecule has 1 aromatic carbocycles. The summed E-state index contributed by atoms with van der Waals surface area (Å²) in [6, 6.07) is 6.60. The van der Waals surface area contributed by atoms with Crippen molar-refractivity contribution in [3.63, 3.8) is 0 Å². The molecule has 118 valence electrons. The van der Waals surface area contributed by atoms with Gasteiger partial charge in [0.25, 0.3) is 0 Å². The minimum atomic E-state index is 0.126. The summed E-state index contributed by atoms with van der Waals surface area (Å²) in [6.07, 6.45) is 2.29. The predicted molar refractivity (Wildman–Crippen MR) is 88.9 cm³/mol. The number of nitrogens with one attached hydrogen (secondary N) is 1. The third-order valence-corrected chi connectivity index (χ3v) is 4.07. The number of ether oxygens (including phenoxy) is 1. The van der Waals surface area contributed by atoms with Crippen molar-refractivity contribution in [1.82, 2.24) is 4.90 Å². The van der Waals surface area contributed by atoms with Crippen molar-refractivity contribution >= 4 is 5.84 Å². The third kappa shape index (κ3) is 5.14. The number of benzene rings is 1. The first-order chi connectivity index (χ1) is 10.0. The first-order valence-electron chi connectivity index (χ1n) is 7.70. The molecule has 4 nitrogen and oxygen atoms in total. The van der Waals surface area contributed by atoms with Crippen LogP contribution in [0.4, 0.5) is 0 Å². The van der Waals surface area contributed by atoms with Crippen LogP contribution in [-0.2, 0) is 11.3 Å². The highest BCUT2D eigenvalue weighted by atomic mass is 16.5. The van der Waals surface area contributed by atoms with Gasteiger partial charge in [-0.2, -0.15) is 0 Å². The quantitative estimate of drug-likeness (QED) is 0.543. The van der Waals surface area contributed by atoms with Crippen LogP contribution in [0.3, 0.4) is 0 Å². The van der Waals surface area contributed by atoms with E-state index in [-0.39, 0.29) is 5.84 Å². The summed E-state index contributed by atoms with van der Waals surface area (Å²) in [4.78, 5) is 2.49. The van der Waals surface area contributed by atoms with Crippen LogP contribution in [0.5, 0.6) is 0 Å². The van der Waals surface area contributed by atoms with Crippen molar-refractivity contribution in [1.29, 1.82) is 5.41 Å². The van der Waals surface area contributed by atoms with Gasteiger partial charge >= 0.3 is 0 Å². The number of amidine groups is 1. The topological polar surface area (TPSA) is 62.3 Å². The molecule has 0 heterocycles. The van der Waals surface area contributed by atoms with Gasteiger partial charge in [0.2, 0.25) is 0 Å². The molecule has 0 saturated heterocycles. The largest absolute Gasteiger partial charge is 0.384 e. The highest BCUT2D eigenvalue weighted by Gasteiger charge is 2.16. The Bertz CT molecular complexity index is 455. The molecule has 0 saturated carbocycles. The first kappa shape index (κ1) is 17.7. The van der Waals surface area contributed by atoms with Gasteiger partial charge in [0.15, 0.2) is 0 Å². The molecule has 0 radical (unpaired) electrons. The van der Waals surface area contributed by atoms with Crippen molar-refractivity contribution in [3.05, 3.63) is 34.9 Å². The number of nitrogens with two attached hydrogens (primary N) is 1. The Morgan fingerprint density at radius 3 is 2.48 bits per heavy atom. The van der Waals surface area contributed by atoms with E-state index < -0.39 is 0 Å². The van der Waals surface area contributed by atoms with Gasteiger partial charge in [0, 0.05) is 31.8 Å². The van der Waals surface area contributed by atoms with E-state index in [1.165, 1.54) is 11.1 Å². The summed E-state index contributed by atoms with van der Waals surface area (Å²) in [5, 5.41) is 7.51. The summed E-state index contributed by atoms with van der Waals surface area (Å²) < 4.78 is 5.24. The van der Waals surface area contributed by atoms with Gasteiger partial charge in [-0.05, 0) is 37.0 Å². The zero-order valence-corrected chi connectivity index (χ0v) is 13.8. The molecule has 0 aromatic heterocycles. The van der Waals surface area contributed by atoms with Gasteiger partial charge in [-0.15, -0.1) is 0 Å². The van der Waals surface area contributed by atoms with Crippen molar-refractivity contribution in [3.8, 4) is 0 Å². The van der Waals surface area contributed by atoms with Gasteiger partial charge in [-0.25, -0.2) is 0 Å². The predicted octanol–water partition coefficient (Wildman–Crippen LogP) is 2.92. The van der Waals surface area contributed by atoms with Crippen LogP contribution in [0.1, 0.15) is 43.4 Å². The molecular formula is C17H29N3O. The maximum Gasteiger partial charge on any atom is 0.122 e. The van der Waals surface area contributed by atoms with Crippen LogP contribution in [0.15, 0.2) is 18.2 Å². The summed E-state index contributed by atoms with van der Waals surface area (Å²) in [5.74, 6) is 0.126. The van der Waals surface area contributed by atoms with Crippen molar-refractivity contribution in [2.45, 2.75) is 46.2 Å². The highest BCUT2D eigenvalue weighted by molar-refractivity contribution is 5.95. The second kappa shape index (κ2) is 8.80. The second-order valence-corrected chi connectivity index (χ2v) is 5.49. The van der Waals surface area contributed by atoms with E-state index in [0.717, 1.165) is 38.1 Å². The first-order valence-corrected chi connectivity index (χ1v) is 7.70. The molecule has 0 fully saturated rings. The van der Waals surface area contributed by atoms with E-state index in [0.29, 0.717) is 6.04 Å². The Morgan fingerprint density at radius 2 is 2.00 bits per heavy atom. The fraction of sp³-hybridized carbons (Fsp3) is 0.588. The Hall–Kier alpha value is -1.39. The van der Waals surface area contributed by atoms with E-state index >= 15 is 0 Å². The summed E-state index contributed by atoms with van der Waals surface area (Å²) in [7, 11) is 1.75. The second-order valence-electron chi connectivity index (χ2n) is 5.49. The average molecular weight is 291 g/mol. The standard InChI is InChI=1S/C17H29N3O/c1-5-16(6-2)20(9-10-21-4)12-15-8-7-14(17(18)19)11-13(15)3/h7-8,11,16H,5-6,9-10,12H2,1-4H3,(H3,18,19). The van der Waals surface area contributed by atoms with Crippen LogP contribution < -0.4 is 5.73 Å². The van der Waals surface area contributed by atoms with Crippen LogP contribution in [0.25, 0.3) is 0 Å². The lowest BCUT2D eigenvalue weighted by Gasteiger charge is -2.30. The highest BCUT2D eigenvalue weighted by Crippen LogP contribution is 2.17. The van der Waals surface area contributed by atoms with Crippen LogP contribution in [-0.4, -0.2) is 37.0 Å². The zero-order chi connectivity index (χ0) is 15.8. The smallest absolute Gasteiger partial charge is 0.122 e. The van der Waals surface area contributed by atoms with Crippen molar-refractivity contribution in [2.24, 2.45) is 5.73 Å². The number of hydrogen-bond acceptors (Lipinski definition) is 3. The molecule has 3 N–H and O–H groups in total. The fourth-order valence-electron chi connectivity index (χ4n) is 2.66. The minimum absolute atomic E-state index is 0.126. The van der Waals surface area contributed by atoms with Crippen molar-refractivity contribution in [2.75, 3.05) is 20.3 Å². The van der Waals surface area contributed by atoms with Gasteiger partial charge in [-0.1, -0.05) is 26.0 Å². The molecule has 1 rings (SSSR count). The van der Waals surface area contributed by atoms with E-state index in [4.69, 9.17) is 15.9 Å². The maximum absolute atomic E-state index is 7.51. The molecule has 0 aliphatic heterocycles. The summed E-state index contributed by atoms with van der Waals surface area (Å²) >= 11 is 0. The van der Waals surface area contributed by atoms with Crippen LogP contribution in [0.2, 0.25) is 0 Å². The lowest BCUT2D eigenvalue weighted by Crippen LogP contribution is -2.36. The molecule has 21 heavy (non-hydrogen) atoms. The lowest BCUT2D eigenvalue weighted by atomic mass is 10.0. The Morgan fingerprint density at radius 1 is 1.33 bits per heavy atom. The summed E-state index contributed by atoms with van der Waals surface area (Å²) in [6.45, 7) is 9.17. The molecule has 0 aliphatic carbocycles. The molecule has 4 heteroatoms. The number of nitrogen functional groups attached to an aromatic ring is 1.